The van der Waals surface area contributed by atoms with Gasteiger partial charge in [-0.3, -0.25) is 14.5 Å². The van der Waals surface area contributed by atoms with E-state index >= 15 is 0 Å². The highest BCUT2D eigenvalue weighted by atomic mass is 32.2. The van der Waals surface area contributed by atoms with Crippen molar-refractivity contribution >= 4 is 29.3 Å². The fourth-order valence-electron chi connectivity index (χ4n) is 2.92. The number of carbonyl (C=O) groups is 1. The number of hydrogen-bond donors (Lipinski definition) is 3. The van der Waals surface area contributed by atoms with Crippen LogP contribution in [0.5, 0.6) is 0 Å². The topological polar surface area (TPSA) is 83.3 Å². The van der Waals surface area contributed by atoms with Crippen molar-refractivity contribution in [2.45, 2.75) is 30.2 Å². The number of nitrogens with one attached hydrogen (secondary N) is 3. The molecular weight excluding hydrogens is 408 g/mol. The van der Waals surface area contributed by atoms with E-state index in [-0.39, 0.29) is 12.5 Å². The molecule has 0 aliphatic heterocycles. The Hall–Kier alpha value is -3.26. The highest BCUT2D eigenvalue weighted by molar-refractivity contribution is 8.00. The van der Waals surface area contributed by atoms with E-state index in [0.29, 0.717) is 11.8 Å². The number of anilines is 1. The summed E-state index contributed by atoms with van der Waals surface area (Å²) in [6.07, 6.45) is 3.42. The largest absolute Gasteiger partial charge is 0.355 e. The Kier molecular flexibility index (Phi) is 8.54. The SMILES string of the molecule is CN=C(NCc1cccc(NC(=O)Cn2cccn2)c1)NCC(C)Sc1ccccc1. The van der Waals surface area contributed by atoms with Crippen LogP contribution in [0.4, 0.5) is 5.69 Å². The summed E-state index contributed by atoms with van der Waals surface area (Å²) in [7, 11) is 1.76. The van der Waals surface area contributed by atoms with E-state index in [1.54, 1.807) is 30.2 Å². The Morgan fingerprint density at radius 2 is 1.97 bits per heavy atom. The van der Waals surface area contributed by atoms with E-state index in [9.17, 15) is 4.79 Å². The van der Waals surface area contributed by atoms with E-state index in [0.717, 1.165) is 23.8 Å². The Morgan fingerprint density at radius 3 is 2.71 bits per heavy atom. The number of benzene rings is 2. The monoisotopic (exact) mass is 436 g/mol. The highest BCUT2D eigenvalue weighted by Crippen LogP contribution is 2.21. The van der Waals surface area contributed by atoms with Gasteiger partial charge in [0.2, 0.25) is 5.91 Å². The lowest BCUT2D eigenvalue weighted by molar-refractivity contribution is -0.116. The first-order valence-corrected chi connectivity index (χ1v) is 11.0. The molecule has 0 aliphatic carbocycles. The van der Waals surface area contributed by atoms with Gasteiger partial charge in [-0.2, -0.15) is 5.10 Å². The molecule has 3 rings (SSSR count). The third kappa shape index (κ3) is 7.82. The van der Waals surface area contributed by atoms with Gasteiger partial charge in [-0.05, 0) is 35.9 Å². The summed E-state index contributed by atoms with van der Waals surface area (Å²) in [6.45, 7) is 3.77. The molecule has 1 aromatic heterocycles. The van der Waals surface area contributed by atoms with Gasteiger partial charge >= 0.3 is 0 Å². The zero-order valence-electron chi connectivity index (χ0n) is 17.8. The minimum absolute atomic E-state index is 0.115. The van der Waals surface area contributed by atoms with Gasteiger partial charge in [-0.15, -0.1) is 11.8 Å². The predicted octanol–water partition coefficient (Wildman–Crippen LogP) is 3.37. The second-order valence-electron chi connectivity index (χ2n) is 7.00. The van der Waals surface area contributed by atoms with Crippen molar-refractivity contribution in [3.8, 4) is 0 Å². The van der Waals surface area contributed by atoms with Crippen LogP contribution >= 0.6 is 11.8 Å². The van der Waals surface area contributed by atoms with E-state index in [2.05, 4.69) is 57.2 Å². The van der Waals surface area contributed by atoms with Gasteiger partial charge in [-0.25, -0.2) is 0 Å². The maximum Gasteiger partial charge on any atom is 0.246 e. The van der Waals surface area contributed by atoms with Gasteiger partial charge in [0.15, 0.2) is 5.96 Å². The number of carbonyl (C=O) groups excluding carboxylic acids is 1. The molecule has 0 fully saturated rings. The Balaban J connectivity index is 1.44. The van der Waals surface area contributed by atoms with Crippen LogP contribution in [0.15, 0.2) is 82.9 Å². The molecule has 0 radical (unpaired) electrons. The molecule has 0 saturated heterocycles. The van der Waals surface area contributed by atoms with Gasteiger partial charge in [-0.1, -0.05) is 37.3 Å². The molecule has 1 unspecified atom stereocenters. The van der Waals surface area contributed by atoms with Crippen molar-refractivity contribution in [2.24, 2.45) is 4.99 Å². The van der Waals surface area contributed by atoms with E-state index in [1.165, 1.54) is 4.90 Å². The average molecular weight is 437 g/mol. The third-order valence-electron chi connectivity index (χ3n) is 4.40. The number of hydrogen-bond acceptors (Lipinski definition) is 4. The first-order chi connectivity index (χ1) is 15.1. The van der Waals surface area contributed by atoms with Crippen LogP contribution in [0.1, 0.15) is 12.5 Å². The van der Waals surface area contributed by atoms with E-state index in [4.69, 9.17) is 0 Å². The van der Waals surface area contributed by atoms with Gasteiger partial charge < -0.3 is 16.0 Å². The Labute approximate surface area is 187 Å². The zero-order chi connectivity index (χ0) is 21.9. The van der Waals surface area contributed by atoms with Crippen molar-refractivity contribution in [2.75, 3.05) is 18.9 Å². The molecule has 7 nitrogen and oxygen atoms in total. The molecule has 0 bridgehead atoms. The van der Waals surface area contributed by atoms with Gasteiger partial charge in [0.1, 0.15) is 6.54 Å². The lowest BCUT2D eigenvalue weighted by Gasteiger charge is -2.16. The van der Waals surface area contributed by atoms with E-state index < -0.39 is 0 Å². The summed E-state index contributed by atoms with van der Waals surface area (Å²) < 4.78 is 1.59. The standard InChI is InChI=1S/C23H28N6OS/c1-18(31-21-10-4-3-5-11-21)15-25-23(24-2)26-16-19-8-6-9-20(14-19)28-22(30)17-29-13-7-12-27-29/h3-14,18H,15-17H2,1-2H3,(H,28,30)(H2,24,25,26). The van der Waals surface area contributed by atoms with Crippen LogP contribution in [0.25, 0.3) is 0 Å². The number of rotatable bonds is 9. The molecule has 162 valence electrons. The van der Waals surface area contributed by atoms with Crippen molar-refractivity contribution < 1.29 is 4.79 Å². The fourth-order valence-corrected chi connectivity index (χ4v) is 3.87. The number of aromatic nitrogens is 2. The van der Waals surface area contributed by atoms with Gasteiger partial charge in [0.25, 0.3) is 0 Å². The van der Waals surface area contributed by atoms with E-state index in [1.807, 2.05) is 42.1 Å². The maximum absolute atomic E-state index is 12.2. The molecule has 0 aliphatic rings. The lowest BCUT2D eigenvalue weighted by atomic mass is 10.2. The third-order valence-corrected chi connectivity index (χ3v) is 5.51. The molecule has 31 heavy (non-hydrogen) atoms. The number of aliphatic imine (C=N–C) groups is 1. The second kappa shape index (κ2) is 11.8. The van der Waals surface area contributed by atoms with Crippen LogP contribution in [0.2, 0.25) is 0 Å². The zero-order valence-corrected chi connectivity index (χ0v) is 18.6. The molecular formula is C23H28N6OS. The van der Waals surface area contributed by atoms with Gasteiger partial charge in [0, 0.05) is 48.4 Å². The molecule has 2 aromatic carbocycles. The van der Waals surface area contributed by atoms with Crippen LogP contribution in [0, 0.1) is 0 Å². The Morgan fingerprint density at radius 1 is 1.13 bits per heavy atom. The van der Waals surface area contributed by atoms with Crippen LogP contribution in [-0.2, 0) is 17.9 Å². The molecule has 8 heteroatoms. The predicted molar refractivity (Wildman–Crippen MR) is 127 cm³/mol. The smallest absolute Gasteiger partial charge is 0.246 e. The summed E-state index contributed by atoms with van der Waals surface area (Å²) in [5, 5.41) is 14.1. The minimum atomic E-state index is -0.115. The van der Waals surface area contributed by atoms with Crippen molar-refractivity contribution in [3.63, 3.8) is 0 Å². The van der Waals surface area contributed by atoms with Crippen LogP contribution in [-0.4, -0.2) is 40.5 Å². The first kappa shape index (κ1) is 22.4. The summed E-state index contributed by atoms with van der Waals surface area (Å²) in [6, 6.07) is 19.9. The summed E-state index contributed by atoms with van der Waals surface area (Å²) in [5.41, 5.74) is 1.80. The number of guanidine groups is 1. The number of thioether (sulfide) groups is 1. The molecule has 1 atom stereocenters. The lowest BCUT2D eigenvalue weighted by Crippen LogP contribution is -2.39. The number of nitrogens with zero attached hydrogens (tertiary/aromatic N) is 3. The molecule has 1 amide bonds. The quantitative estimate of drug-likeness (QED) is 0.272. The molecule has 3 N–H and O–H groups in total. The fraction of sp³-hybridized carbons (Fsp3) is 0.261. The molecule has 3 aromatic rings. The van der Waals surface area contributed by atoms with Crippen LogP contribution < -0.4 is 16.0 Å². The summed E-state index contributed by atoms with van der Waals surface area (Å²) in [4.78, 5) is 17.7. The normalized spacial score (nSPS) is 12.3. The summed E-state index contributed by atoms with van der Waals surface area (Å²) >= 11 is 1.83. The second-order valence-corrected chi connectivity index (χ2v) is 8.51. The minimum Gasteiger partial charge on any atom is -0.355 e. The van der Waals surface area contributed by atoms with Crippen molar-refractivity contribution in [1.82, 2.24) is 20.4 Å². The Bertz CT molecular complexity index is 975. The number of amides is 1. The highest BCUT2D eigenvalue weighted by Gasteiger charge is 2.07. The first-order valence-electron chi connectivity index (χ1n) is 10.1. The molecule has 0 saturated carbocycles. The van der Waals surface area contributed by atoms with Gasteiger partial charge in [0.05, 0.1) is 0 Å². The van der Waals surface area contributed by atoms with Crippen LogP contribution in [0.3, 0.4) is 0 Å². The average Bonchev–Trinajstić information content (AvgIpc) is 3.27. The van der Waals surface area contributed by atoms with Crippen molar-refractivity contribution in [3.05, 3.63) is 78.6 Å². The van der Waals surface area contributed by atoms with Crippen molar-refractivity contribution in [1.29, 1.82) is 0 Å². The molecule has 1 heterocycles. The maximum atomic E-state index is 12.2. The summed E-state index contributed by atoms with van der Waals surface area (Å²) in [5.74, 6) is 0.629. The molecule has 0 spiro atoms.